The van der Waals surface area contributed by atoms with Gasteiger partial charge in [-0.2, -0.15) is 0 Å². The Kier molecular flexibility index (Phi) is 6.01. The number of anilines is 1. The molecule has 336 valence electrons. The van der Waals surface area contributed by atoms with Crippen molar-refractivity contribution in [2.24, 2.45) is 17.3 Å². The summed E-state index contributed by atoms with van der Waals surface area (Å²) in [5.74, 6) is -0.782. The number of piperidine rings is 4. The molecule has 1 aromatic heterocycles. The zero-order valence-corrected chi connectivity index (χ0v) is 38.3. The lowest BCUT2D eigenvalue weighted by atomic mass is 9.38. The zero-order chi connectivity index (χ0) is 44.9. The maximum absolute atomic E-state index is 16.8. The second kappa shape index (κ2) is 10.3. The first kappa shape index (κ1) is 37.9. The van der Waals surface area contributed by atoms with E-state index >= 15 is 19.2 Å². The molecule has 17 rings (SSSR count). The number of hydrogen-bond acceptors (Lipinski definition) is 8. The first-order valence-electron chi connectivity index (χ1n) is 24.1. The molecule has 13 heteroatoms. The second-order valence-electron chi connectivity index (χ2n) is 24.3. The third-order valence-electron chi connectivity index (χ3n) is 20.2. The average Bonchev–Trinajstić information content (AvgIpc) is 4.06. The second-order valence-corrected chi connectivity index (χ2v) is 24.3. The van der Waals surface area contributed by atoms with Gasteiger partial charge >= 0.3 is 0 Å². The fraction of sp³-hybridized carbons (Fsp3) is 0.577. The van der Waals surface area contributed by atoms with Crippen LogP contribution in [0.1, 0.15) is 128 Å². The molecule has 2 aromatic carbocycles. The molecule has 14 aliphatic rings. The summed E-state index contributed by atoms with van der Waals surface area (Å²) in [5.41, 5.74) is -3.44. The Morgan fingerprint density at radius 2 is 1.35 bits per heavy atom. The Balaban J connectivity index is 1.15. The normalized spacial score (nSPS) is 42.0. The van der Waals surface area contributed by atoms with Crippen molar-refractivity contribution in [2.45, 2.75) is 156 Å². The number of aromatic nitrogens is 1. The first-order valence-corrected chi connectivity index (χ1v) is 24.1. The minimum atomic E-state index is -1.61. The van der Waals surface area contributed by atoms with Crippen LogP contribution in [0.25, 0.3) is 23.1 Å². The van der Waals surface area contributed by atoms with Crippen LogP contribution in [0.3, 0.4) is 0 Å². The first-order chi connectivity index (χ1) is 30.7. The number of piperazine rings is 2. The summed E-state index contributed by atoms with van der Waals surface area (Å²) in [6.45, 7) is 17.8. The van der Waals surface area contributed by atoms with Crippen LogP contribution < -0.4 is 19.9 Å². The predicted molar refractivity (Wildman–Crippen MR) is 239 cm³/mol. The Labute approximate surface area is 377 Å². The van der Waals surface area contributed by atoms with Gasteiger partial charge in [0.2, 0.25) is 17.7 Å². The van der Waals surface area contributed by atoms with E-state index in [1.807, 2.05) is 66.7 Å². The van der Waals surface area contributed by atoms with Crippen molar-refractivity contribution in [3.8, 4) is 11.5 Å². The SMILES string of the molecule is CC1(C)C=Cc2c(ccc3c2N(O)C2C(C)(C)C4C[C@]56CCCN5C(=O)C4(NC6=O)[C@H]4N5C(=O)[C@]67CCCN6C(=O)C56C(C7)C(C)(C)c5[nH]c7c8c(ccc7c5[C@@H]6C324)OC(C)(C)C=C8)O1. The lowest BCUT2D eigenvalue weighted by Crippen LogP contribution is -2.93. The highest BCUT2D eigenvalue weighted by Crippen LogP contribution is 2.82. The van der Waals surface area contributed by atoms with Crippen LogP contribution >= 0.6 is 0 Å². The van der Waals surface area contributed by atoms with E-state index in [-0.39, 0.29) is 29.5 Å². The van der Waals surface area contributed by atoms with E-state index in [2.05, 4.69) is 62.3 Å². The quantitative estimate of drug-likeness (QED) is 0.247. The van der Waals surface area contributed by atoms with Crippen LogP contribution in [-0.4, -0.2) is 107 Å². The van der Waals surface area contributed by atoms with E-state index in [0.717, 1.165) is 44.6 Å². The fourth-order valence-electron chi connectivity index (χ4n) is 18.2. The molecule has 4 bridgehead atoms. The maximum Gasteiger partial charge on any atom is 0.251 e. The van der Waals surface area contributed by atoms with Crippen LogP contribution in [-0.2, 0) is 30.0 Å². The summed E-state index contributed by atoms with van der Waals surface area (Å²) in [6.07, 6.45) is 11.6. The average molecular weight is 877 g/mol. The monoisotopic (exact) mass is 876 g/mol. The molecule has 10 fully saturated rings. The Morgan fingerprint density at radius 1 is 0.723 bits per heavy atom. The molecule has 10 atom stereocenters. The van der Waals surface area contributed by atoms with E-state index < -0.39 is 73.5 Å². The molecule has 1 saturated carbocycles. The molecule has 65 heavy (non-hydrogen) atoms. The molecule has 12 aliphatic heterocycles. The maximum atomic E-state index is 16.8. The number of hydrogen-bond donors (Lipinski definition) is 3. The minimum absolute atomic E-state index is 0.0677. The Hall–Kier alpha value is -5.30. The van der Waals surface area contributed by atoms with Gasteiger partial charge in [-0.25, -0.2) is 0 Å². The number of nitrogens with zero attached hydrogens (tertiary/aromatic N) is 4. The molecule has 5 spiro atoms. The van der Waals surface area contributed by atoms with Gasteiger partial charge in [0.1, 0.15) is 44.9 Å². The summed E-state index contributed by atoms with van der Waals surface area (Å²) < 4.78 is 13.2. The largest absolute Gasteiger partial charge is 0.483 e. The van der Waals surface area contributed by atoms with Gasteiger partial charge in [0, 0.05) is 58.5 Å². The van der Waals surface area contributed by atoms with Crippen molar-refractivity contribution in [3.63, 3.8) is 0 Å². The number of hydroxylamine groups is 1. The highest BCUT2D eigenvalue weighted by molar-refractivity contribution is 6.12. The molecular weight excluding hydrogens is 821 g/mol. The van der Waals surface area contributed by atoms with E-state index in [0.29, 0.717) is 63.1 Å². The summed E-state index contributed by atoms with van der Waals surface area (Å²) in [4.78, 5) is 74.7. The number of fused-ring (bicyclic) bond motifs is 10. The highest BCUT2D eigenvalue weighted by Gasteiger charge is 2.95. The van der Waals surface area contributed by atoms with Crippen LogP contribution in [0.2, 0.25) is 0 Å². The Bertz CT molecular complexity index is 3000. The summed E-state index contributed by atoms with van der Waals surface area (Å²) in [6, 6.07) is 6.41. The number of H-pyrrole nitrogens is 1. The smallest absolute Gasteiger partial charge is 0.251 e. The van der Waals surface area contributed by atoms with Crippen LogP contribution in [0.5, 0.6) is 11.5 Å². The molecule has 0 radical (unpaired) electrons. The lowest BCUT2D eigenvalue weighted by molar-refractivity contribution is -0.218. The molecule has 2 aliphatic carbocycles. The molecule has 6 unspecified atom stereocenters. The van der Waals surface area contributed by atoms with Gasteiger partial charge in [-0.05, 0) is 125 Å². The predicted octanol–water partition coefficient (Wildman–Crippen LogP) is 6.06. The van der Waals surface area contributed by atoms with Gasteiger partial charge in [0.25, 0.3) is 5.91 Å². The highest BCUT2D eigenvalue weighted by atomic mass is 16.5. The van der Waals surface area contributed by atoms with Gasteiger partial charge in [-0.15, -0.1) is 0 Å². The number of benzene rings is 2. The zero-order valence-electron chi connectivity index (χ0n) is 38.3. The van der Waals surface area contributed by atoms with E-state index in [1.165, 1.54) is 5.06 Å². The van der Waals surface area contributed by atoms with Crippen molar-refractivity contribution < 1.29 is 33.9 Å². The van der Waals surface area contributed by atoms with Gasteiger partial charge in [0.05, 0.1) is 28.7 Å². The van der Waals surface area contributed by atoms with Crippen molar-refractivity contribution in [2.75, 3.05) is 18.2 Å². The van der Waals surface area contributed by atoms with Crippen LogP contribution in [0.4, 0.5) is 5.69 Å². The number of rotatable bonds is 0. The number of ether oxygens (including phenoxy) is 2. The van der Waals surface area contributed by atoms with Crippen molar-refractivity contribution >= 4 is 52.4 Å². The van der Waals surface area contributed by atoms with Gasteiger partial charge in [0.15, 0.2) is 0 Å². The minimum Gasteiger partial charge on any atom is -0.483 e. The molecule has 9 saturated heterocycles. The van der Waals surface area contributed by atoms with E-state index in [9.17, 15) is 5.21 Å². The lowest BCUT2D eigenvalue weighted by Gasteiger charge is -2.72. The Morgan fingerprint density at radius 3 is 2.08 bits per heavy atom. The molecule has 3 N–H and O–H groups in total. The van der Waals surface area contributed by atoms with Crippen LogP contribution in [0, 0.1) is 17.3 Å². The van der Waals surface area contributed by atoms with E-state index in [4.69, 9.17) is 9.47 Å². The number of nitrogens with one attached hydrogen (secondary N) is 2. The number of carbonyl (C=O) groups excluding carboxylic acids is 4. The summed E-state index contributed by atoms with van der Waals surface area (Å²) in [7, 11) is 0. The molecule has 4 amide bonds. The third-order valence-corrected chi connectivity index (χ3v) is 20.2. The molecule has 3 aromatic rings. The van der Waals surface area contributed by atoms with Crippen molar-refractivity contribution in [1.82, 2.24) is 25.0 Å². The standard InChI is InChI=1S/C52H56N6O7/c1-44(2)19-15-25-29(64-44)13-11-27-33-36-50-28-12-14-30-26(16-20-45(3,4)65-30)35(28)58(63)38(50)47(7,8)31-23-48-17-9-21-55(48)42(61)51(31,54-40(48)59)39(50)57-41(60)49-18-10-22-56(49)43(62)52(36,57)32(24-49)46(5,6)37(33)53-34(25)27/h11-16,19-20,31-32,36,38-39,53,63H,9-10,17-18,21-24H2,1-8H3,(H,54,59)/t31?,32?,36-,38?,39+,48+,49-,50?,51?,52?/m1/s1. The van der Waals surface area contributed by atoms with Gasteiger partial charge in [-0.3, -0.25) is 29.4 Å². The van der Waals surface area contributed by atoms with Crippen LogP contribution in [0.15, 0.2) is 36.4 Å². The third kappa shape index (κ3) is 3.46. The van der Waals surface area contributed by atoms with Gasteiger partial charge < -0.3 is 34.5 Å². The van der Waals surface area contributed by atoms with Gasteiger partial charge in [-0.1, -0.05) is 33.8 Å². The molecule has 13 heterocycles. The molecular formula is C52H56N6O7. The number of carbonyl (C=O) groups is 4. The number of aromatic amines is 1. The van der Waals surface area contributed by atoms with Crippen molar-refractivity contribution in [3.05, 3.63) is 64.4 Å². The fourth-order valence-corrected chi connectivity index (χ4v) is 18.2. The summed E-state index contributed by atoms with van der Waals surface area (Å²) >= 11 is 0. The topological polar surface area (TPSA) is 148 Å². The van der Waals surface area contributed by atoms with E-state index in [1.54, 1.807) is 0 Å². The molecule has 13 nitrogen and oxygen atoms in total. The van der Waals surface area contributed by atoms with Crippen molar-refractivity contribution in [1.29, 1.82) is 0 Å². The number of amides is 4. The summed E-state index contributed by atoms with van der Waals surface area (Å²) in [5, 5.41) is 19.6.